The Balaban J connectivity index is 1.74. The first-order valence-corrected chi connectivity index (χ1v) is 9.08. The summed E-state index contributed by atoms with van der Waals surface area (Å²) in [6, 6.07) is 12.2. The fraction of sp³-hybridized carbons (Fsp3) is 0.182. The summed E-state index contributed by atoms with van der Waals surface area (Å²) in [6.07, 6.45) is 3.16. The van der Waals surface area contributed by atoms with Crippen molar-refractivity contribution in [3.05, 3.63) is 66.0 Å². The molecule has 2 aromatic carbocycles. The van der Waals surface area contributed by atoms with E-state index >= 15 is 0 Å². The number of methoxy groups -OCH3 is 3. The zero-order valence-electron chi connectivity index (χ0n) is 17.0. The molecule has 8 heteroatoms. The molecule has 3 rings (SSSR count). The number of pyridine rings is 1. The number of hydrogen-bond donors (Lipinski definition) is 2. The van der Waals surface area contributed by atoms with Crippen LogP contribution in [0.2, 0.25) is 0 Å². The molecule has 0 saturated carbocycles. The fourth-order valence-electron chi connectivity index (χ4n) is 2.83. The second-order valence-electron chi connectivity index (χ2n) is 6.27. The maximum atomic E-state index is 12.8. The molecule has 3 aromatic rings. The molecule has 0 aliphatic rings. The van der Waals surface area contributed by atoms with Crippen LogP contribution in [-0.4, -0.2) is 32.2 Å². The van der Waals surface area contributed by atoms with Gasteiger partial charge in [0.25, 0.3) is 5.91 Å². The maximum absolute atomic E-state index is 12.8. The van der Waals surface area contributed by atoms with E-state index < -0.39 is 0 Å². The summed E-state index contributed by atoms with van der Waals surface area (Å²) in [5, 5.41) is 2.86. The quantitative estimate of drug-likeness (QED) is 0.586. The van der Waals surface area contributed by atoms with Gasteiger partial charge in [0.05, 0.1) is 33.2 Å². The Bertz CT molecular complexity index is 1010. The molecule has 1 aromatic heterocycles. The summed E-state index contributed by atoms with van der Waals surface area (Å²) in [6.45, 7) is 0.282. The first-order chi connectivity index (χ1) is 14.5. The molecule has 8 nitrogen and oxygen atoms in total. The summed E-state index contributed by atoms with van der Waals surface area (Å²) in [5.41, 5.74) is 8.22. The maximum Gasteiger partial charge on any atom is 0.255 e. The number of ether oxygens (including phenoxy) is 4. The van der Waals surface area contributed by atoms with Crippen molar-refractivity contribution in [2.45, 2.75) is 6.61 Å². The van der Waals surface area contributed by atoms with Crippen molar-refractivity contribution in [2.75, 3.05) is 32.4 Å². The van der Waals surface area contributed by atoms with E-state index in [0.29, 0.717) is 39.9 Å². The molecule has 0 bridgehead atoms. The number of anilines is 2. The Hall–Kier alpha value is -3.94. The van der Waals surface area contributed by atoms with Crippen molar-refractivity contribution < 1.29 is 23.7 Å². The molecule has 1 amide bonds. The Kier molecular flexibility index (Phi) is 6.59. The highest BCUT2D eigenvalue weighted by Crippen LogP contribution is 2.38. The van der Waals surface area contributed by atoms with E-state index in [1.165, 1.54) is 21.3 Å². The SMILES string of the molecule is COc1cc(C(=O)Nc2cccc(COc3cnccc3N)c2)cc(OC)c1OC. The Morgan fingerprint density at radius 1 is 1.00 bits per heavy atom. The second kappa shape index (κ2) is 9.51. The van der Waals surface area contributed by atoms with Gasteiger partial charge < -0.3 is 30.0 Å². The van der Waals surface area contributed by atoms with Crippen LogP contribution in [0.25, 0.3) is 0 Å². The van der Waals surface area contributed by atoms with Crippen molar-refractivity contribution in [1.82, 2.24) is 4.98 Å². The number of carbonyl (C=O) groups is 1. The molecular formula is C22H23N3O5. The minimum absolute atomic E-state index is 0.282. The van der Waals surface area contributed by atoms with Gasteiger partial charge in [0.15, 0.2) is 17.2 Å². The number of nitrogen functional groups attached to an aromatic ring is 1. The van der Waals surface area contributed by atoms with Crippen LogP contribution < -0.4 is 30.0 Å². The van der Waals surface area contributed by atoms with E-state index in [4.69, 9.17) is 24.7 Å². The van der Waals surface area contributed by atoms with E-state index in [1.54, 1.807) is 36.7 Å². The van der Waals surface area contributed by atoms with Gasteiger partial charge in [-0.3, -0.25) is 9.78 Å². The van der Waals surface area contributed by atoms with Crippen LogP contribution in [0.1, 0.15) is 15.9 Å². The van der Waals surface area contributed by atoms with Crippen molar-refractivity contribution in [3.8, 4) is 23.0 Å². The number of carbonyl (C=O) groups excluding carboxylic acids is 1. The predicted molar refractivity (Wildman–Crippen MR) is 113 cm³/mol. The third kappa shape index (κ3) is 4.72. The van der Waals surface area contributed by atoms with Crippen molar-refractivity contribution in [2.24, 2.45) is 0 Å². The summed E-state index contributed by atoms with van der Waals surface area (Å²) >= 11 is 0. The van der Waals surface area contributed by atoms with Crippen LogP contribution in [0.15, 0.2) is 54.9 Å². The molecule has 30 heavy (non-hydrogen) atoms. The summed E-state index contributed by atoms with van der Waals surface area (Å²) in [4.78, 5) is 16.8. The topological polar surface area (TPSA) is 105 Å². The van der Waals surface area contributed by atoms with Gasteiger partial charge in [-0.1, -0.05) is 12.1 Å². The molecule has 1 heterocycles. The largest absolute Gasteiger partial charge is 0.493 e. The molecule has 0 aliphatic carbocycles. The normalized spacial score (nSPS) is 10.2. The molecule has 0 aliphatic heterocycles. The van der Waals surface area contributed by atoms with Gasteiger partial charge in [-0.25, -0.2) is 0 Å². The number of aromatic nitrogens is 1. The monoisotopic (exact) mass is 409 g/mol. The zero-order valence-corrected chi connectivity index (χ0v) is 17.0. The number of nitrogens with zero attached hydrogens (tertiary/aromatic N) is 1. The van der Waals surface area contributed by atoms with Gasteiger partial charge in [0.2, 0.25) is 5.75 Å². The highest BCUT2D eigenvalue weighted by molar-refractivity contribution is 6.05. The first kappa shape index (κ1) is 20.8. The standard InChI is InChI=1S/C22H23N3O5/c1-27-18-10-15(11-19(28-2)21(18)29-3)22(26)25-16-6-4-5-14(9-16)13-30-20-12-24-8-7-17(20)23/h4-12H,13H2,1-3H3,(H2,23,24)(H,25,26). The second-order valence-corrected chi connectivity index (χ2v) is 6.27. The molecule has 3 N–H and O–H groups in total. The van der Waals surface area contributed by atoms with Crippen LogP contribution in [0.4, 0.5) is 11.4 Å². The van der Waals surface area contributed by atoms with E-state index in [1.807, 2.05) is 18.2 Å². The summed E-state index contributed by atoms with van der Waals surface area (Å²) in [5.74, 6) is 1.41. The highest BCUT2D eigenvalue weighted by atomic mass is 16.5. The number of amides is 1. The van der Waals surface area contributed by atoms with Crippen LogP contribution in [0, 0.1) is 0 Å². The number of nitrogens with one attached hydrogen (secondary N) is 1. The van der Waals surface area contributed by atoms with Gasteiger partial charge in [-0.05, 0) is 35.9 Å². The Morgan fingerprint density at radius 2 is 1.73 bits per heavy atom. The van der Waals surface area contributed by atoms with E-state index in [9.17, 15) is 4.79 Å². The highest BCUT2D eigenvalue weighted by Gasteiger charge is 2.17. The lowest BCUT2D eigenvalue weighted by Crippen LogP contribution is -2.13. The molecular weight excluding hydrogens is 386 g/mol. The lowest BCUT2D eigenvalue weighted by Gasteiger charge is -2.14. The smallest absolute Gasteiger partial charge is 0.255 e. The van der Waals surface area contributed by atoms with Gasteiger partial charge in [0, 0.05) is 17.4 Å². The van der Waals surface area contributed by atoms with Crippen LogP contribution >= 0.6 is 0 Å². The lowest BCUT2D eigenvalue weighted by atomic mass is 10.1. The molecule has 0 fully saturated rings. The minimum Gasteiger partial charge on any atom is -0.493 e. The summed E-state index contributed by atoms with van der Waals surface area (Å²) in [7, 11) is 4.50. The predicted octanol–water partition coefficient (Wildman–Crippen LogP) is 3.52. The number of nitrogens with two attached hydrogens (primary N) is 1. The Morgan fingerprint density at radius 3 is 2.37 bits per heavy atom. The van der Waals surface area contributed by atoms with E-state index in [0.717, 1.165) is 5.56 Å². The van der Waals surface area contributed by atoms with Crippen molar-refractivity contribution >= 4 is 17.3 Å². The van der Waals surface area contributed by atoms with Gasteiger partial charge in [-0.15, -0.1) is 0 Å². The van der Waals surface area contributed by atoms with Gasteiger partial charge >= 0.3 is 0 Å². The minimum atomic E-state index is -0.316. The van der Waals surface area contributed by atoms with Crippen LogP contribution in [0.5, 0.6) is 23.0 Å². The first-order valence-electron chi connectivity index (χ1n) is 9.08. The lowest BCUT2D eigenvalue weighted by molar-refractivity contribution is 0.102. The number of hydrogen-bond acceptors (Lipinski definition) is 7. The van der Waals surface area contributed by atoms with E-state index in [-0.39, 0.29) is 12.5 Å². The molecule has 0 radical (unpaired) electrons. The molecule has 0 spiro atoms. The average molecular weight is 409 g/mol. The summed E-state index contributed by atoms with van der Waals surface area (Å²) < 4.78 is 21.6. The van der Waals surface area contributed by atoms with Gasteiger partial charge in [-0.2, -0.15) is 0 Å². The molecule has 0 unspecified atom stereocenters. The zero-order chi connectivity index (χ0) is 21.5. The van der Waals surface area contributed by atoms with Crippen LogP contribution in [0.3, 0.4) is 0 Å². The number of benzene rings is 2. The average Bonchev–Trinajstić information content (AvgIpc) is 2.77. The van der Waals surface area contributed by atoms with E-state index in [2.05, 4.69) is 10.3 Å². The number of rotatable bonds is 8. The molecule has 0 atom stereocenters. The van der Waals surface area contributed by atoms with Crippen molar-refractivity contribution in [1.29, 1.82) is 0 Å². The molecule has 156 valence electrons. The third-order valence-electron chi connectivity index (χ3n) is 4.32. The Labute approximate surface area is 174 Å². The fourth-order valence-corrected chi connectivity index (χ4v) is 2.83. The third-order valence-corrected chi connectivity index (χ3v) is 4.32. The van der Waals surface area contributed by atoms with Crippen molar-refractivity contribution in [3.63, 3.8) is 0 Å². The molecule has 0 saturated heterocycles. The van der Waals surface area contributed by atoms with Crippen LogP contribution in [-0.2, 0) is 6.61 Å². The van der Waals surface area contributed by atoms with Gasteiger partial charge in [0.1, 0.15) is 6.61 Å².